The van der Waals surface area contributed by atoms with Crippen molar-refractivity contribution in [2.45, 2.75) is 19.0 Å². The van der Waals surface area contributed by atoms with E-state index in [4.69, 9.17) is 16.6 Å². The lowest BCUT2D eigenvalue weighted by Gasteiger charge is -2.26. The molecule has 0 saturated carbocycles. The van der Waals surface area contributed by atoms with Gasteiger partial charge in [-0.15, -0.1) is 0 Å². The second kappa shape index (κ2) is 8.48. The van der Waals surface area contributed by atoms with Gasteiger partial charge in [0.1, 0.15) is 23.4 Å². The summed E-state index contributed by atoms with van der Waals surface area (Å²) in [7, 11) is 0. The largest absolute Gasteiger partial charge is 0.459 e. The summed E-state index contributed by atoms with van der Waals surface area (Å²) < 4.78 is 21.3. The fraction of sp³-hybridized carbons (Fsp3) is 0.120. The lowest BCUT2D eigenvalue weighted by Crippen LogP contribution is -2.29. The van der Waals surface area contributed by atoms with E-state index in [2.05, 4.69) is 26.2 Å². The predicted molar refractivity (Wildman–Crippen MR) is 131 cm³/mol. The number of rotatable bonds is 4. The Labute approximate surface area is 199 Å². The maximum absolute atomic E-state index is 14.0. The number of nitrogens with zero attached hydrogens (tertiary/aromatic N) is 2. The summed E-state index contributed by atoms with van der Waals surface area (Å²) in [5.41, 5.74) is 3.18. The molecule has 0 radical (unpaired) electrons. The van der Waals surface area contributed by atoms with Gasteiger partial charge in [-0.25, -0.2) is 4.39 Å². The van der Waals surface area contributed by atoms with Crippen LogP contribution in [0.3, 0.4) is 0 Å². The topological polar surface area (TPSA) is 41.3 Å². The van der Waals surface area contributed by atoms with Crippen LogP contribution in [-0.2, 0) is 0 Å². The number of benzene rings is 2. The van der Waals surface area contributed by atoms with Crippen molar-refractivity contribution in [3.8, 4) is 11.3 Å². The average molecular weight is 508 g/mol. The molecule has 1 fully saturated rings. The van der Waals surface area contributed by atoms with Crippen LogP contribution in [-0.4, -0.2) is 10.1 Å². The molecule has 4 nitrogen and oxygen atoms in total. The molecular formula is C25H19BrFN3OS. The van der Waals surface area contributed by atoms with Gasteiger partial charge in [0.2, 0.25) is 0 Å². The first-order valence-corrected chi connectivity index (χ1v) is 11.3. The first kappa shape index (κ1) is 20.8. The summed E-state index contributed by atoms with van der Waals surface area (Å²) in [6.45, 7) is 1.75. The number of halogens is 2. The number of nitrogens with one attached hydrogen (secondary N) is 1. The normalized spacial score (nSPS) is 18.1. The van der Waals surface area contributed by atoms with Gasteiger partial charge >= 0.3 is 0 Å². The molecule has 1 saturated heterocycles. The Balaban J connectivity index is 1.60. The maximum atomic E-state index is 14.0. The minimum Gasteiger partial charge on any atom is -0.459 e. The molecule has 4 aromatic rings. The molecule has 0 bridgehead atoms. The quantitative estimate of drug-likeness (QED) is 0.310. The maximum Gasteiger partial charge on any atom is 0.174 e. The van der Waals surface area contributed by atoms with Crippen molar-refractivity contribution in [2.75, 3.05) is 4.90 Å². The van der Waals surface area contributed by atoms with Gasteiger partial charge in [0.15, 0.2) is 5.11 Å². The van der Waals surface area contributed by atoms with Gasteiger partial charge in [-0.3, -0.25) is 4.98 Å². The Morgan fingerprint density at radius 3 is 2.59 bits per heavy atom. The Bertz CT molecular complexity index is 1280. The third-order valence-electron chi connectivity index (χ3n) is 5.56. The van der Waals surface area contributed by atoms with Crippen LogP contribution < -0.4 is 10.2 Å². The summed E-state index contributed by atoms with van der Waals surface area (Å²) in [6.07, 6.45) is 1.76. The number of aromatic nitrogens is 1. The Morgan fingerprint density at radius 2 is 1.88 bits per heavy atom. The molecule has 0 unspecified atom stereocenters. The van der Waals surface area contributed by atoms with Gasteiger partial charge in [0.05, 0.1) is 11.7 Å². The second-order valence-electron chi connectivity index (χ2n) is 7.64. The summed E-state index contributed by atoms with van der Waals surface area (Å²) in [6, 6.07) is 22.2. The minimum absolute atomic E-state index is 0.224. The van der Waals surface area contributed by atoms with E-state index in [0.29, 0.717) is 10.7 Å². The number of hydrogen-bond donors (Lipinski definition) is 1. The molecule has 1 aliphatic rings. The SMILES string of the molecule is Cc1cc(N2C(=S)N[C@H](c3ccccn3)[C@@H]2c2ccc(-c3ccc(Br)cc3)o2)ccc1F. The molecule has 5 rings (SSSR count). The summed E-state index contributed by atoms with van der Waals surface area (Å²) in [5.74, 6) is 1.26. The van der Waals surface area contributed by atoms with Crippen molar-refractivity contribution in [3.05, 3.63) is 106 Å². The monoisotopic (exact) mass is 507 g/mol. The summed E-state index contributed by atoms with van der Waals surface area (Å²) in [4.78, 5) is 6.53. The number of thiocarbonyl (C=S) groups is 1. The first-order chi connectivity index (χ1) is 15.5. The number of pyridine rings is 1. The average Bonchev–Trinajstić information content (AvgIpc) is 3.41. The van der Waals surface area contributed by atoms with Crippen LogP contribution in [0.2, 0.25) is 0 Å². The molecule has 0 aliphatic carbocycles. The van der Waals surface area contributed by atoms with E-state index in [-0.39, 0.29) is 17.9 Å². The smallest absolute Gasteiger partial charge is 0.174 e. The summed E-state index contributed by atoms with van der Waals surface area (Å²) in [5, 5.41) is 3.93. The Kier molecular flexibility index (Phi) is 5.53. The highest BCUT2D eigenvalue weighted by Crippen LogP contribution is 2.43. The van der Waals surface area contributed by atoms with Gasteiger partial charge in [0, 0.05) is 21.9 Å². The van der Waals surface area contributed by atoms with Crippen LogP contribution in [0, 0.1) is 12.7 Å². The van der Waals surface area contributed by atoms with Gasteiger partial charge in [-0.2, -0.15) is 0 Å². The lowest BCUT2D eigenvalue weighted by atomic mass is 10.0. The molecule has 32 heavy (non-hydrogen) atoms. The highest BCUT2D eigenvalue weighted by molar-refractivity contribution is 9.10. The first-order valence-electron chi connectivity index (χ1n) is 10.1. The zero-order valence-electron chi connectivity index (χ0n) is 17.1. The predicted octanol–water partition coefficient (Wildman–Crippen LogP) is 6.73. The fourth-order valence-electron chi connectivity index (χ4n) is 3.98. The van der Waals surface area contributed by atoms with Crippen LogP contribution in [0.5, 0.6) is 0 Å². The lowest BCUT2D eigenvalue weighted by molar-refractivity contribution is 0.439. The van der Waals surface area contributed by atoms with Crippen molar-refractivity contribution in [2.24, 2.45) is 0 Å². The van der Waals surface area contributed by atoms with Gasteiger partial charge in [-0.1, -0.05) is 34.1 Å². The third-order valence-corrected chi connectivity index (χ3v) is 6.41. The Hall–Kier alpha value is -3.03. The van der Waals surface area contributed by atoms with Crippen LogP contribution >= 0.6 is 28.1 Å². The van der Waals surface area contributed by atoms with Crippen LogP contribution in [0.15, 0.2) is 87.9 Å². The van der Waals surface area contributed by atoms with Crippen LogP contribution in [0.4, 0.5) is 10.1 Å². The second-order valence-corrected chi connectivity index (χ2v) is 8.94. The van der Waals surface area contributed by atoms with E-state index in [1.54, 1.807) is 25.3 Å². The van der Waals surface area contributed by atoms with E-state index < -0.39 is 0 Å². The standard InChI is InChI=1S/C25H19BrFN3OS/c1-15-14-18(9-10-19(15)27)30-24(23(29-25(30)32)20-4-2-3-13-28-20)22-12-11-21(31-22)16-5-7-17(26)8-6-16/h2-14,23-24H,1H3,(H,29,32)/t23-,24+/m1/s1. The van der Waals surface area contributed by atoms with Gasteiger partial charge in [-0.05, 0) is 79.3 Å². The molecule has 7 heteroatoms. The van der Waals surface area contributed by atoms with E-state index in [1.165, 1.54) is 6.07 Å². The molecule has 1 aliphatic heterocycles. The van der Waals surface area contributed by atoms with Crippen molar-refractivity contribution in [3.63, 3.8) is 0 Å². The van der Waals surface area contributed by atoms with E-state index in [1.807, 2.05) is 59.5 Å². The molecule has 2 aromatic heterocycles. The summed E-state index contributed by atoms with van der Waals surface area (Å²) >= 11 is 9.18. The molecular weight excluding hydrogens is 489 g/mol. The van der Waals surface area contributed by atoms with E-state index in [0.717, 1.165) is 32.9 Å². The number of aryl methyl sites for hydroxylation is 1. The molecule has 3 heterocycles. The van der Waals surface area contributed by atoms with Crippen LogP contribution in [0.25, 0.3) is 11.3 Å². The Morgan fingerprint density at radius 1 is 1.06 bits per heavy atom. The van der Waals surface area contributed by atoms with Gasteiger partial charge < -0.3 is 14.6 Å². The van der Waals surface area contributed by atoms with E-state index >= 15 is 0 Å². The molecule has 160 valence electrons. The molecule has 0 amide bonds. The third kappa shape index (κ3) is 3.82. The molecule has 1 N–H and O–H groups in total. The molecule has 0 spiro atoms. The highest BCUT2D eigenvalue weighted by atomic mass is 79.9. The number of hydrogen-bond acceptors (Lipinski definition) is 3. The van der Waals surface area contributed by atoms with Crippen LogP contribution in [0.1, 0.15) is 29.1 Å². The van der Waals surface area contributed by atoms with Crippen molar-refractivity contribution >= 4 is 38.9 Å². The number of anilines is 1. The van der Waals surface area contributed by atoms with E-state index in [9.17, 15) is 4.39 Å². The van der Waals surface area contributed by atoms with Crippen molar-refractivity contribution in [1.29, 1.82) is 0 Å². The van der Waals surface area contributed by atoms with Crippen molar-refractivity contribution in [1.82, 2.24) is 10.3 Å². The zero-order valence-corrected chi connectivity index (χ0v) is 19.5. The fourth-order valence-corrected chi connectivity index (χ4v) is 4.59. The zero-order chi connectivity index (χ0) is 22.2. The molecule has 2 aromatic carbocycles. The van der Waals surface area contributed by atoms with Crippen molar-refractivity contribution < 1.29 is 8.81 Å². The minimum atomic E-state index is -0.286. The highest BCUT2D eigenvalue weighted by Gasteiger charge is 2.42. The van der Waals surface area contributed by atoms with Gasteiger partial charge in [0.25, 0.3) is 0 Å². The number of furan rings is 1. The molecule has 2 atom stereocenters.